The van der Waals surface area contributed by atoms with Crippen molar-refractivity contribution in [1.29, 1.82) is 0 Å². The highest BCUT2D eigenvalue weighted by Crippen LogP contribution is 2.56. The van der Waals surface area contributed by atoms with E-state index in [1.807, 2.05) is 6.92 Å². The lowest BCUT2D eigenvalue weighted by Gasteiger charge is -2.54. The third kappa shape index (κ3) is 3.48. The van der Waals surface area contributed by atoms with E-state index in [1.165, 1.54) is 25.1 Å². The number of primary amides is 1. The summed E-state index contributed by atoms with van der Waals surface area (Å²) >= 11 is 1.56. The van der Waals surface area contributed by atoms with Gasteiger partial charge in [-0.05, 0) is 37.9 Å². The van der Waals surface area contributed by atoms with Crippen LogP contribution in [0.1, 0.15) is 30.4 Å². The Morgan fingerprint density at radius 2 is 1.86 bits per heavy atom. The molecule has 1 fully saturated rings. The number of aliphatic hydroxyl groups is 4. The number of amides is 1. The first-order valence-electron chi connectivity index (χ1n) is 11.6. The summed E-state index contributed by atoms with van der Waals surface area (Å²) in [7, 11) is 2.96. The van der Waals surface area contributed by atoms with E-state index < -0.39 is 70.1 Å². The number of rotatable bonds is 6. The number of thioether (sulfide) groups is 1. The first-order valence-corrected chi connectivity index (χ1v) is 12.8. The standard InChI is InChI=1S/C25H30N2O8S/c1-4-8-36-9-11-10-6-5-7-12(28)13(10)19(29)15-14(11)20(30)17-18(27(2)3)21(31)16(24(26)34)23(33)25(17,35)22(15)32/h5-7,11,14,17-18,20,28-30,33,35H,4,8-9H2,1-3H3,(H2,26,34)/t11-,14?,17?,18-,20?,25-/m0/s1. The number of aliphatic hydroxyl groups excluding tert-OH is 3. The number of fused-ring (bicyclic) bond motifs is 3. The SMILES string of the molecule is CCCSC[C@H]1c2cccc(O)c2C(O)=C2C(=O)[C@]3(O)C(O)=C(C(N)=O)C(=O)[C@@H](N(C)C)C3C(O)C21. The highest BCUT2D eigenvalue weighted by molar-refractivity contribution is 7.99. The van der Waals surface area contributed by atoms with Crippen LogP contribution in [0.3, 0.4) is 0 Å². The predicted molar refractivity (Wildman–Crippen MR) is 132 cm³/mol. The van der Waals surface area contributed by atoms with E-state index >= 15 is 0 Å². The molecule has 0 radical (unpaired) electrons. The van der Waals surface area contributed by atoms with Gasteiger partial charge < -0.3 is 31.3 Å². The lowest BCUT2D eigenvalue weighted by atomic mass is 9.54. The van der Waals surface area contributed by atoms with Crippen molar-refractivity contribution in [2.24, 2.45) is 17.6 Å². The minimum absolute atomic E-state index is 0.00286. The number of carbonyl (C=O) groups excluding carboxylic acids is 3. The number of hydrogen-bond donors (Lipinski definition) is 6. The number of phenolic OH excluding ortho intramolecular Hbond substituents is 1. The van der Waals surface area contributed by atoms with Crippen LogP contribution in [0.2, 0.25) is 0 Å². The maximum absolute atomic E-state index is 14.0. The van der Waals surface area contributed by atoms with Crippen molar-refractivity contribution in [2.75, 3.05) is 25.6 Å². The zero-order chi connectivity index (χ0) is 26.7. The fourth-order valence-corrected chi connectivity index (χ4v) is 7.04. The van der Waals surface area contributed by atoms with Crippen LogP contribution in [0.5, 0.6) is 5.75 Å². The van der Waals surface area contributed by atoms with Crippen LogP contribution in [0.15, 0.2) is 35.1 Å². The minimum atomic E-state index is -2.91. The molecule has 1 aromatic rings. The van der Waals surface area contributed by atoms with E-state index in [9.17, 15) is 39.9 Å². The Hall–Kier alpha value is -2.86. The van der Waals surface area contributed by atoms with Gasteiger partial charge in [0.15, 0.2) is 11.4 Å². The van der Waals surface area contributed by atoms with Gasteiger partial charge in [-0.1, -0.05) is 19.1 Å². The molecule has 0 bridgehead atoms. The number of Topliss-reactive ketones (excluding diaryl/α,β-unsaturated/α-hetero) is 2. The van der Waals surface area contributed by atoms with Crippen LogP contribution in [-0.4, -0.2) is 91.3 Å². The Kier molecular flexibility index (Phi) is 6.71. The average molecular weight is 519 g/mol. The molecule has 10 nitrogen and oxygen atoms in total. The number of nitrogens with two attached hydrogens (primary N) is 1. The monoisotopic (exact) mass is 518 g/mol. The number of phenols is 1. The summed E-state index contributed by atoms with van der Waals surface area (Å²) in [6, 6.07) is 3.26. The zero-order valence-electron chi connectivity index (χ0n) is 20.1. The maximum atomic E-state index is 14.0. The molecule has 1 amide bonds. The Morgan fingerprint density at radius 1 is 1.19 bits per heavy atom. The van der Waals surface area contributed by atoms with Gasteiger partial charge in [-0.15, -0.1) is 0 Å². The van der Waals surface area contributed by atoms with Gasteiger partial charge in [0.05, 0.1) is 23.6 Å². The molecular formula is C25H30N2O8S. The van der Waals surface area contributed by atoms with Gasteiger partial charge >= 0.3 is 0 Å². The van der Waals surface area contributed by atoms with Crippen molar-refractivity contribution in [2.45, 2.75) is 37.0 Å². The molecule has 0 saturated heterocycles. The van der Waals surface area contributed by atoms with Gasteiger partial charge in [-0.2, -0.15) is 11.8 Å². The Labute approximate surface area is 212 Å². The smallest absolute Gasteiger partial charge is 0.255 e. The van der Waals surface area contributed by atoms with Gasteiger partial charge in [-0.3, -0.25) is 19.3 Å². The Bertz CT molecular complexity index is 1210. The van der Waals surface area contributed by atoms with Crippen LogP contribution in [0, 0.1) is 11.8 Å². The molecule has 0 aromatic heterocycles. The van der Waals surface area contributed by atoms with Crippen molar-refractivity contribution in [3.8, 4) is 5.75 Å². The summed E-state index contributed by atoms with van der Waals surface area (Å²) in [6.07, 6.45) is -0.723. The van der Waals surface area contributed by atoms with Crippen molar-refractivity contribution >= 4 is 35.0 Å². The van der Waals surface area contributed by atoms with Crippen molar-refractivity contribution in [3.63, 3.8) is 0 Å². The lowest BCUT2D eigenvalue weighted by molar-refractivity contribution is -0.169. The molecule has 0 spiro atoms. The lowest BCUT2D eigenvalue weighted by Crippen LogP contribution is -2.70. The normalized spacial score (nSPS) is 31.9. The van der Waals surface area contributed by atoms with Crippen molar-refractivity contribution in [1.82, 2.24) is 4.90 Å². The molecule has 6 atom stereocenters. The van der Waals surface area contributed by atoms with E-state index in [4.69, 9.17) is 5.73 Å². The maximum Gasteiger partial charge on any atom is 0.255 e. The number of aromatic hydroxyl groups is 1. The Morgan fingerprint density at radius 3 is 2.44 bits per heavy atom. The summed E-state index contributed by atoms with van der Waals surface area (Å²) in [5.74, 6) is -7.57. The molecular weight excluding hydrogens is 488 g/mol. The van der Waals surface area contributed by atoms with Gasteiger partial charge in [-0.25, -0.2) is 0 Å². The number of ketones is 2. The van der Waals surface area contributed by atoms with Crippen LogP contribution in [0.25, 0.3) is 5.76 Å². The van der Waals surface area contributed by atoms with Crippen molar-refractivity contribution in [3.05, 3.63) is 46.2 Å². The second kappa shape index (κ2) is 9.22. The quantitative estimate of drug-likeness (QED) is 0.231. The van der Waals surface area contributed by atoms with E-state index in [0.29, 0.717) is 11.3 Å². The number of likely N-dealkylation sites (N-methyl/N-ethyl adjacent to an activating group) is 1. The molecule has 0 aliphatic heterocycles. The second-order valence-corrected chi connectivity index (χ2v) is 10.8. The fraction of sp³-hybridized carbons (Fsp3) is 0.480. The largest absolute Gasteiger partial charge is 0.508 e. The van der Waals surface area contributed by atoms with Crippen LogP contribution < -0.4 is 5.73 Å². The molecule has 1 saturated carbocycles. The highest BCUT2D eigenvalue weighted by Gasteiger charge is 2.68. The van der Waals surface area contributed by atoms with Crippen LogP contribution >= 0.6 is 11.8 Å². The van der Waals surface area contributed by atoms with Gasteiger partial charge in [0, 0.05) is 23.2 Å². The van der Waals surface area contributed by atoms with E-state index in [1.54, 1.807) is 23.9 Å². The summed E-state index contributed by atoms with van der Waals surface area (Å²) in [5.41, 5.74) is 1.63. The van der Waals surface area contributed by atoms with Gasteiger partial charge in [0.2, 0.25) is 5.78 Å². The number of nitrogens with zero attached hydrogens (tertiary/aromatic N) is 1. The van der Waals surface area contributed by atoms with Gasteiger partial charge in [0.25, 0.3) is 5.91 Å². The molecule has 36 heavy (non-hydrogen) atoms. The molecule has 4 rings (SSSR count). The van der Waals surface area contributed by atoms with E-state index in [-0.39, 0.29) is 16.9 Å². The van der Waals surface area contributed by atoms with Crippen LogP contribution in [-0.2, 0) is 14.4 Å². The predicted octanol–water partition coefficient (Wildman–Crippen LogP) is 0.619. The number of carbonyl (C=O) groups is 3. The number of benzene rings is 1. The first-order chi connectivity index (χ1) is 16.9. The van der Waals surface area contributed by atoms with Crippen molar-refractivity contribution < 1.29 is 39.9 Å². The number of hydrogen-bond acceptors (Lipinski definition) is 10. The minimum Gasteiger partial charge on any atom is -0.508 e. The molecule has 11 heteroatoms. The molecule has 7 N–H and O–H groups in total. The molecule has 3 aliphatic rings. The third-order valence-electron chi connectivity index (χ3n) is 7.44. The molecule has 3 unspecified atom stereocenters. The molecule has 0 heterocycles. The topological polar surface area (TPSA) is 182 Å². The zero-order valence-corrected chi connectivity index (χ0v) is 21.0. The van der Waals surface area contributed by atoms with E-state index in [2.05, 4.69) is 0 Å². The van der Waals surface area contributed by atoms with Gasteiger partial charge in [0.1, 0.15) is 22.8 Å². The summed E-state index contributed by atoms with van der Waals surface area (Å²) in [4.78, 5) is 40.6. The summed E-state index contributed by atoms with van der Waals surface area (Å²) in [6.45, 7) is 2.00. The second-order valence-electron chi connectivity index (χ2n) is 9.68. The van der Waals surface area contributed by atoms with Crippen LogP contribution in [0.4, 0.5) is 0 Å². The van der Waals surface area contributed by atoms with E-state index in [0.717, 1.165) is 12.2 Å². The first kappa shape index (κ1) is 26.2. The Balaban J connectivity index is 2.02. The fourth-order valence-electron chi connectivity index (χ4n) is 5.95. The molecule has 3 aliphatic carbocycles. The molecule has 1 aromatic carbocycles. The average Bonchev–Trinajstić information content (AvgIpc) is 2.80. The highest BCUT2D eigenvalue weighted by atomic mass is 32.2. The molecule has 194 valence electrons. The summed E-state index contributed by atoms with van der Waals surface area (Å²) in [5, 5.41) is 56.1. The third-order valence-corrected chi connectivity index (χ3v) is 8.74. The summed E-state index contributed by atoms with van der Waals surface area (Å²) < 4.78 is 0.